The summed E-state index contributed by atoms with van der Waals surface area (Å²) in [6.45, 7) is 7.22. The van der Waals surface area contributed by atoms with E-state index in [1.54, 1.807) is 0 Å². The van der Waals surface area contributed by atoms with Gasteiger partial charge < -0.3 is 5.32 Å². The number of nitrogens with one attached hydrogen (secondary N) is 1. The standard InChI is InChI=1S/C18H28N2O/c1-3-4-5-10-18(21)19-13-15(2)20-12-11-16-8-6-7-9-17(16)14-20/h6-9,15H,3-5,10-14H2,1-2H3,(H,19,21). The second kappa shape index (κ2) is 8.18. The second-order valence-electron chi connectivity index (χ2n) is 6.10. The predicted octanol–water partition coefficient (Wildman–Crippen LogP) is 3.13. The van der Waals surface area contributed by atoms with Crippen LogP contribution in [-0.4, -0.2) is 29.9 Å². The van der Waals surface area contributed by atoms with E-state index in [-0.39, 0.29) is 5.91 Å². The third-order valence-corrected chi connectivity index (χ3v) is 4.39. The largest absolute Gasteiger partial charge is 0.355 e. The molecule has 116 valence electrons. The summed E-state index contributed by atoms with van der Waals surface area (Å²) in [6, 6.07) is 9.08. The molecule has 1 aliphatic rings. The Bertz CT molecular complexity index is 458. The summed E-state index contributed by atoms with van der Waals surface area (Å²) in [7, 11) is 0. The molecule has 0 radical (unpaired) electrons. The molecule has 3 nitrogen and oxygen atoms in total. The Kier molecular flexibility index (Phi) is 6.24. The van der Waals surface area contributed by atoms with Gasteiger partial charge in [0, 0.05) is 32.1 Å². The third kappa shape index (κ3) is 4.85. The molecular formula is C18H28N2O. The number of benzene rings is 1. The van der Waals surface area contributed by atoms with E-state index in [9.17, 15) is 4.79 Å². The summed E-state index contributed by atoms with van der Waals surface area (Å²) >= 11 is 0. The van der Waals surface area contributed by atoms with Gasteiger partial charge in [0.2, 0.25) is 5.91 Å². The first-order chi connectivity index (χ1) is 10.2. The molecule has 0 bridgehead atoms. The van der Waals surface area contributed by atoms with Crippen LogP contribution in [0.1, 0.15) is 50.7 Å². The molecule has 1 aromatic rings. The van der Waals surface area contributed by atoms with Crippen molar-refractivity contribution in [3.05, 3.63) is 35.4 Å². The highest BCUT2D eigenvalue weighted by Crippen LogP contribution is 2.19. The molecule has 21 heavy (non-hydrogen) atoms. The Morgan fingerprint density at radius 3 is 2.81 bits per heavy atom. The normalized spacial score (nSPS) is 16.3. The van der Waals surface area contributed by atoms with Crippen molar-refractivity contribution in [3.63, 3.8) is 0 Å². The molecule has 1 aromatic carbocycles. The lowest BCUT2D eigenvalue weighted by Crippen LogP contribution is -2.44. The number of carbonyl (C=O) groups is 1. The molecule has 1 N–H and O–H groups in total. The van der Waals surface area contributed by atoms with E-state index in [1.165, 1.54) is 11.1 Å². The number of hydrogen-bond donors (Lipinski definition) is 1. The van der Waals surface area contributed by atoms with Crippen molar-refractivity contribution in [2.45, 2.75) is 58.5 Å². The van der Waals surface area contributed by atoms with Gasteiger partial charge in [0.1, 0.15) is 0 Å². The van der Waals surface area contributed by atoms with E-state index < -0.39 is 0 Å². The van der Waals surface area contributed by atoms with E-state index in [2.05, 4.69) is 48.3 Å². The van der Waals surface area contributed by atoms with Gasteiger partial charge in [-0.05, 0) is 30.9 Å². The molecule has 0 saturated carbocycles. The van der Waals surface area contributed by atoms with Crippen molar-refractivity contribution in [2.75, 3.05) is 13.1 Å². The van der Waals surface area contributed by atoms with Crippen LogP contribution in [-0.2, 0) is 17.8 Å². The molecule has 1 atom stereocenters. The summed E-state index contributed by atoms with van der Waals surface area (Å²) < 4.78 is 0. The van der Waals surface area contributed by atoms with Gasteiger partial charge in [-0.15, -0.1) is 0 Å². The van der Waals surface area contributed by atoms with Gasteiger partial charge in [0.05, 0.1) is 0 Å². The first-order valence-corrected chi connectivity index (χ1v) is 8.28. The van der Waals surface area contributed by atoms with Crippen LogP contribution in [0, 0.1) is 0 Å². The van der Waals surface area contributed by atoms with Gasteiger partial charge in [0.25, 0.3) is 0 Å². The average molecular weight is 288 g/mol. The fourth-order valence-electron chi connectivity index (χ4n) is 2.91. The molecule has 3 heteroatoms. The molecule has 2 rings (SSSR count). The summed E-state index contributed by atoms with van der Waals surface area (Å²) in [4.78, 5) is 14.2. The topological polar surface area (TPSA) is 32.3 Å². The Hall–Kier alpha value is -1.35. The average Bonchev–Trinajstić information content (AvgIpc) is 2.52. The zero-order valence-corrected chi connectivity index (χ0v) is 13.4. The summed E-state index contributed by atoms with van der Waals surface area (Å²) in [5.74, 6) is 0.202. The van der Waals surface area contributed by atoms with Crippen molar-refractivity contribution in [3.8, 4) is 0 Å². The molecule has 1 amide bonds. The van der Waals surface area contributed by atoms with Crippen LogP contribution in [0.3, 0.4) is 0 Å². The molecule has 1 heterocycles. The monoisotopic (exact) mass is 288 g/mol. The van der Waals surface area contributed by atoms with Gasteiger partial charge in [-0.3, -0.25) is 9.69 Å². The van der Waals surface area contributed by atoms with Crippen LogP contribution in [0.4, 0.5) is 0 Å². The SMILES string of the molecule is CCCCCC(=O)NCC(C)N1CCc2ccccc2C1. The zero-order chi connectivity index (χ0) is 15.1. The first kappa shape index (κ1) is 16.0. The van der Waals surface area contributed by atoms with Crippen molar-refractivity contribution in [1.82, 2.24) is 10.2 Å². The van der Waals surface area contributed by atoms with Crippen molar-refractivity contribution in [1.29, 1.82) is 0 Å². The smallest absolute Gasteiger partial charge is 0.220 e. The molecule has 0 aliphatic carbocycles. The minimum absolute atomic E-state index is 0.202. The minimum Gasteiger partial charge on any atom is -0.355 e. The lowest BCUT2D eigenvalue weighted by molar-refractivity contribution is -0.121. The van der Waals surface area contributed by atoms with Gasteiger partial charge in [-0.25, -0.2) is 0 Å². The van der Waals surface area contributed by atoms with E-state index in [0.717, 1.165) is 45.3 Å². The zero-order valence-electron chi connectivity index (χ0n) is 13.4. The van der Waals surface area contributed by atoms with E-state index in [0.29, 0.717) is 12.5 Å². The van der Waals surface area contributed by atoms with E-state index in [1.807, 2.05) is 0 Å². The Labute approximate surface area is 128 Å². The van der Waals surface area contributed by atoms with Crippen LogP contribution in [0.2, 0.25) is 0 Å². The van der Waals surface area contributed by atoms with Crippen molar-refractivity contribution in [2.24, 2.45) is 0 Å². The third-order valence-electron chi connectivity index (χ3n) is 4.39. The number of fused-ring (bicyclic) bond motifs is 1. The second-order valence-corrected chi connectivity index (χ2v) is 6.10. The van der Waals surface area contributed by atoms with Gasteiger partial charge in [-0.1, -0.05) is 44.0 Å². The highest BCUT2D eigenvalue weighted by molar-refractivity contribution is 5.75. The molecule has 0 fully saturated rings. The maximum Gasteiger partial charge on any atom is 0.220 e. The quantitative estimate of drug-likeness (QED) is 0.782. The van der Waals surface area contributed by atoms with Gasteiger partial charge in [-0.2, -0.15) is 0 Å². The van der Waals surface area contributed by atoms with Crippen LogP contribution in [0.5, 0.6) is 0 Å². The number of rotatable bonds is 7. The lowest BCUT2D eigenvalue weighted by atomic mass is 9.99. The van der Waals surface area contributed by atoms with Crippen molar-refractivity contribution >= 4 is 5.91 Å². The fraction of sp³-hybridized carbons (Fsp3) is 0.611. The van der Waals surface area contributed by atoms with E-state index >= 15 is 0 Å². The number of hydrogen-bond acceptors (Lipinski definition) is 2. The van der Waals surface area contributed by atoms with Gasteiger partial charge >= 0.3 is 0 Å². The summed E-state index contributed by atoms with van der Waals surface area (Å²) in [6.07, 6.45) is 5.10. The summed E-state index contributed by atoms with van der Waals surface area (Å²) in [5.41, 5.74) is 2.91. The number of carbonyl (C=O) groups excluding carboxylic acids is 1. The molecule has 0 saturated heterocycles. The number of unbranched alkanes of at least 4 members (excludes halogenated alkanes) is 2. The highest BCUT2D eigenvalue weighted by Gasteiger charge is 2.20. The van der Waals surface area contributed by atoms with Crippen LogP contribution in [0.25, 0.3) is 0 Å². The number of nitrogens with zero attached hydrogens (tertiary/aromatic N) is 1. The summed E-state index contributed by atoms with van der Waals surface area (Å²) in [5, 5.41) is 3.08. The van der Waals surface area contributed by atoms with Crippen LogP contribution < -0.4 is 5.32 Å². The maximum absolute atomic E-state index is 11.8. The molecule has 0 aromatic heterocycles. The molecular weight excluding hydrogens is 260 g/mol. The Balaban J connectivity index is 1.74. The minimum atomic E-state index is 0.202. The Morgan fingerprint density at radius 1 is 1.29 bits per heavy atom. The van der Waals surface area contributed by atoms with Crippen LogP contribution in [0.15, 0.2) is 24.3 Å². The highest BCUT2D eigenvalue weighted by atomic mass is 16.1. The van der Waals surface area contributed by atoms with E-state index in [4.69, 9.17) is 0 Å². The Morgan fingerprint density at radius 2 is 2.05 bits per heavy atom. The number of amides is 1. The van der Waals surface area contributed by atoms with Gasteiger partial charge in [0.15, 0.2) is 0 Å². The first-order valence-electron chi connectivity index (χ1n) is 8.28. The predicted molar refractivity (Wildman–Crippen MR) is 87.2 cm³/mol. The molecule has 1 unspecified atom stereocenters. The van der Waals surface area contributed by atoms with Crippen molar-refractivity contribution < 1.29 is 4.79 Å². The van der Waals surface area contributed by atoms with Crippen LogP contribution >= 0.6 is 0 Å². The molecule has 1 aliphatic heterocycles. The lowest BCUT2D eigenvalue weighted by Gasteiger charge is -2.33. The maximum atomic E-state index is 11.8. The molecule has 0 spiro atoms. The fourth-order valence-corrected chi connectivity index (χ4v) is 2.91.